The van der Waals surface area contributed by atoms with Crippen molar-refractivity contribution in [1.82, 2.24) is 0 Å². The molecule has 3 nitrogen and oxygen atoms in total. The summed E-state index contributed by atoms with van der Waals surface area (Å²) in [5, 5.41) is 0. The van der Waals surface area contributed by atoms with Crippen LogP contribution >= 0.6 is 0 Å². The quantitative estimate of drug-likeness (QED) is 0.449. The molecule has 0 bridgehead atoms. The van der Waals surface area contributed by atoms with Crippen molar-refractivity contribution in [3.8, 4) is 0 Å². The number of hydrogen-bond acceptors (Lipinski definition) is 3. The second-order valence-corrected chi connectivity index (χ2v) is 2.87. The van der Waals surface area contributed by atoms with Crippen LogP contribution in [0.2, 0.25) is 0 Å². The van der Waals surface area contributed by atoms with Gasteiger partial charge in [-0.05, 0) is 19.4 Å². The van der Waals surface area contributed by atoms with E-state index < -0.39 is 0 Å². The van der Waals surface area contributed by atoms with E-state index in [1.54, 1.807) is 0 Å². The number of allylic oxidation sites excluding steroid dienone is 2. The van der Waals surface area contributed by atoms with Crippen LogP contribution in [0.4, 0.5) is 0 Å². The van der Waals surface area contributed by atoms with Crippen molar-refractivity contribution < 1.29 is 42.3 Å². The van der Waals surface area contributed by atoms with Gasteiger partial charge < -0.3 is 15.3 Å². The first-order chi connectivity index (χ1) is 5.74. The summed E-state index contributed by atoms with van der Waals surface area (Å²) < 4.78 is 0. The van der Waals surface area contributed by atoms with Crippen LogP contribution in [0.3, 0.4) is 0 Å². The summed E-state index contributed by atoms with van der Waals surface area (Å²) in [4.78, 5) is 21.7. The van der Waals surface area contributed by atoms with Gasteiger partial charge in [0.1, 0.15) is 0 Å². The Hall–Kier alpha value is 0.144. The molecule has 0 saturated carbocycles. The van der Waals surface area contributed by atoms with Crippen LogP contribution in [0.1, 0.15) is 25.7 Å². The average Bonchev–Trinajstić information content (AvgIpc) is 2.31. The molecule has 69 valence electrons. The number of hydrogen-bond donors (Lipinski definition) is 1. The number of carbonyl (C=O) groups excluding carboxylic acids is 2. The molecule has 0 aromatic carbocycles. The standard InChI is InChI=1S/C9H12NO2.Y/c10-4-2-1-3-7-5-8(11)6-9(7)12;/h1-4,6,10H2;/q-1;. The van der Waals surface area contributed by atoms with E-state index in [0.717, 1.165) is 12.8 Å². The van der Waals surface area contributed by atoms with Crippen molar-refractivity contribution in [1.29, 1.82) is 0 Å². The Labute approximate surface area is 103 Å². The minimum Gasteiger partial charge on any atom is -0.406 e. The molecule has 1 rings (SSSR count). The van der Waals surface area contributed by atoms with Gasteiger partial charge in [0.05, 0.1) is 5.78 Å². The normalized spacial score (nSPS) is 15.6. The molecular formula is C9H12NO2Y-. The molecule has 13 heavy (non-hydrogen) atoms. The van der Waals surface area contributed by atoms with Crippen LogP contribution in [-0.2, 0) is 42.3 Å². The Morgan fingerprint density at radius 1 is 1.31 bits per heavy atom. The molecular weight excluding hydrogens is 243 g/mol. The van der Waals surface area contributed by atoms with Gasteiger partial charge in [0.25, 0.3) is 0 Å². The Morgan fingerprint density at radius 2 is 2.00 bits per heavy atom. The monoisotopic (exact) mass is 255 g/mol. The summed E-state index contributed by atoms with van der Waals surface area (Å²) >= 11 is 0. The van der Waals surface area contributed by atoms with E-state index in [0.29, 0.717) is 18.5 Å². The summed E-state index contributed by atoms with van der Waals surface area (Å²) in [5.41, 5.74) is 5.86. The third-order valence-electron chi connectivity index (χ3n) is 1.83. The maximum atomic E-state index is 11.0. The van der Waals surface area contributed by atoms with E-state index >= 15 is 0 Å². The molecule has 1 aliphatic carbocycles. The van der Waals surface area contributed by atoms with Crippen LogP contribution in [-0.4, -0.2) is 18.1 Å². The summed E-state index contributed by atoms with van der Waals surface area (Å²) in [7, 11) is 0. The van der Waals surface area contributed by atoms with Crippen LogP contribution in [0, 0.1) is 6.08 Å². The summed E-state index contributed by atoms with van der Waals surface area (Å²) in [6.45, 7) is 0.634. The number of ketones is 2. The van der Waals surface area contributed by atoms with E-state index in [2.05, 4.69) is 6.08 Å². The van der Waals surface area contributed by atoms with Gasteiger partial charge in [-0.2, -0.15) is 11.6 Å². The molecule has 0 aromatic heterocycles. The largest absolute Gasteiger partial charge is 0.406 e. The fourth-order valence-corrected chi connectivity index (χ4v) is 1.18. The minimum absolute atomic E-state index is 0. The molecule has 0 fully saturated rings. The van der Waals surface area contributed by atoms with Gasteiger partial charge >= 0.3 is 0 Å². The number of rotatable bonds is 4. The molecule has 0 aliphatic heterocycles. The van der Waals surface area contributed by atoms with E-state index in [-0.39, 0.29) is 50.7 Å². The van der Waals surface area contributed by atoms with Crippen molar-refractivity contribution in [2.45, 2.75) is 25.7 Å². The first kappa shape index (κ1) is 13.1. The van der Waals surface area contributed by atoms with Gasteiger partial charge in [-0.25, -0.2) is 0 Å². The van der Waals surface area contributed by atoms with Crippen LogP contribution in [0.5, 0.6) is 0 Å². The van der Waals surface area contributed by atoms with Gasteiger partial charge in [-0.1, -0.05) is 12.8 Å². The Kier molecular flexibility index (Phi) is 6.65. The number of Topliss-reactive ketones (excluding diaryl/α,β-unsaturated/α-hetero) is 2. The Morgan fingerprint density at radius 3 is 2.46 bits per heavy atom. The summed E-state index contributed by atoms with van der Waals surface area (Å²) in [6, 6.07) is 0. The van der Waals surface area contributed by atoms with Gasteiger partial charge in [0, 0.05) is 38.5 Å². The molecule has 4 heteroatoms. The van der Waals surface area contributed by atoms with Crippen molar-refractivity contribution >= 4 is 11.6 Å². The predicted molar refractivity (Wildman–Crippen MR) is 44.3 cm³/mol. The Bertz CT molecular complexity index is 236. The second-order valence-electron chi connectivity index (χ2n) is 2.87. The Balaban J connectivity index is 0.00000144. The van der Waals surface area contributed by atoms with E-state index in [1.165, 1.54) is 0 Å². The average molecular weight is 255 g/mol. The zero-order chi connectivity index (χ0) is 8.97. The first-order valence-electron chi connectivity index (χ1n) is 4.13. The van der Waals surface area contributed by atoms with E-state index in [4.69, 9.17) is 5.73 Å². The van der Waals surface area contributed by atoms with Gasteiger partial charge in [0.15, 0.2) is 0 Å². The van der Waals surface area contributed by atoms with Crippen molar-refractivity contribution in [3.05, 3.63) is 11.6 Å². The summed E-state index contributed by atoms with van der Waals surface area (Å²) in [6.07, 6.45) is 5.00. The van der Waals surface area contributed by atoms with E-state index in [9.17, 15) is 9.59 Å². The zero-order valence-corrected chi connectivity index (χ0v) is 10.3. The number of carbonyl (C=O) groups is 2. The smallest absolute Gasteiger partial charge is 0.0578 e. The third-order valence-corrected chi connectivity index (χ3v) is 1.83. The van der Waals surface area contributed by atoms with Gasteiger partial charge in [-0.3, -0.25) is 0 Å². The van der Waals surface area contributed by atoms with Crippen LogP contribution < -0.4 is 5.73 Å². The molecule has 2 N–H and O–H groups in total. The maximum Gasteiger partial charge on any atom is 0.0578 e. The summed E-state index contributed by atoms with van der Waals surface area (Å²) in [5.74, 6) is -0.236. The molecule has 0 aromatic rings. The second kappa shape index (κ2) is 6.58. The molecule has 0 spiro atoms. The molecule has 0 unspecified atom stereocenters. The van der Waals surface area contributed by atoms with Crippen molar-refractivity contribution in [2.75, 3.05) is 6.54 Å². The molecule has 0 heterocycles. The fraction of sp³-hybridized carbons (Fsp3) is 0.556. The van der Waals surface area contributed by atoms with Gasteiger partial charge in [0.2, 0.25) is 0 Å². The van der Waals surface area contributed by atoms with Gasteiger partial charge in [-0.15, -0.1) is 0 Å². The van der Waals surface area contributed by atoms with Crippen molar-refractivity contribution in [3.63, 3.8) is 0 Å². The molecule has 0 amide bonds. The molecule has 0 atom stereocenters. The fourth-order valence-electron chi connectivity index (χ4n) is 1.18. The SMILES string of the molecule is NCCCCC1=[C-]C(=O)CC1=O.[Y]. The topological polar surface area (TPSA) is 60.2 Å². The number of unbranched alkanes of at least 4 members (excludes halogenated alkanes) is 1. The predicted octanol–water partition coefficient (Wildman–Crippen LogP) is 0.384. The van der Waals surface area contributed by atoms with Crippen LogP contribution in [0.25, 0.3) is 0 Å². The first-order valence-corrected chi connectivity index (χ1v) is 4.13. The molecule has 0 saturated heterocycles. The zero-order valence-electron chi connectivity index (χ0n) is 7.51. The number of nitrogens with two attached hydrogens (primary N) is 1. The third kappa shape index (κ3) is 4.25. The maximum absolute atomic E-state index is 11.0. The molecule has 1 radical (unpaired) electrons. The van der Waals surface area contributed by atoms with E-state index in [1.807, 2.05) is 0 Å². The molecule has 1 aliphatic rings. The van der Waals surface area contributed by atoms with Crippen molar-refractivity contribution in [2.24, 2.45) is 5.73 Å². The minimum atomic E-state index is -0.178. The van der Waals surface area contributed by atoms with Crippen LogP contribution in [0.15, 0.2) is 5.57 Å².